The Morgan fingerprint density at radius 2 is 2.00 bits per heavy atom. The Balaban J connectivity index is 0.00000242. The van der Waals surface area contributed by atoms with E-state index >= 15 is 0 Å². The largest absolute Gasteiger partial charge is 0.504 e. The number of hydrogen-bond acceptors (Lipinski definition) is 4. The summed E-state index contributed by atoms with van der Waals surface area (Å²) in [4.78, 5) is 11.8. The molecule has 0 aliphatic rings. The minimum absolute atomic E-state index is 0. The van der Waals surface area contributed by atoms with Crippen LogP contribution in [0.4, 0.5) is 0 Å². The number of benzene rings is 2. The van der Waals surface area contributed by atoms with Crippen molar-refractivity contribution < 1.29 is 20.1 Å². The summed E-state index contributed by atoms with van der Waals surface area (Å²) in [5.41, 5.74) is 3.33. The summed E-state index contributed by atoms with van der Waals surface area (Å²) in [7, 11) is 1.46. The van der Waals surface area contributed by atoms with Crippen LogP contribution in [0.2, 0.25) is 0 Å². The van der Waals surface area contributed by atoms with Gasteiger partial charge < -0.3 is 15.3 Å². The third-order valence-corrected chi connectivity index (χ3v) is 3.15. The average molecular weight is 367 g/mol. The first-order valence-electron chi connectivity index (χ1n) is 6.06. The highest BCUT2D eigenvalue weighted by atomic mass is 79.9. The highest BCUT2D eigenvalue weighted by molar-refractivity contribution is 9.10. The Morgan fingerprint density at radius 1 is 1.32 bits per heavy atom. The summed E-state index contributed by atoms with van der Waals surface area (Å²) in [6.45, 7) is 0. The van der Waals surface area contributed by atoms with Gasteiger partial charge in [-0.3, -0.25) is 4.79 Å². The second-order valence-electron chi connectivity index (χ2n) is 4.11. The average Bonchev–Trinajstić information content (AvgIpc) is 2.51. The summed E-state index contributed by atoms with van der Waals surface area (Å²) in [5.74, 6) is -0.0491. The maximum atomic E-state index is 11.8. The molecule has 1 amide bonds. The van der Waals surface area contributed by atoms with E-state index in [4.69, 9.17) is 4.74 Å². The van der Waals surface area contributed by atoms with Crippen LogP contribution in [0.15, 0.2) is 52.0 Å². The van der Waals surface area contributed by atoms with Gasteiger partial charge in [0.1, 0.15) is 0 Å². The predicted molar refractivity (Wildman–Crippen MR) is 87.5 cm³/mol. The fraction of sp³-hybridized carbons (Fsp3) is 0.0667. The van der Waals surface area contributed by atoms with E-state index in [1.54, 1.807) is 36.4 Å². The lowest BCUT2D eigenvalue weighted by molar-refractivity contribution is 0.0955. The second-order valence-corrected chi connectivity index (χ2v) is 5.03. The first-order chi connectivity index (χ1) is 10.1. The molecule has 0 unspecified atom stereocenters. The summed E-state index contributed by atoms with van der Waals surface area (Å²) < 4.78 is 5.76. The molecule has 0 spiro atoms. The molecule has 7 heteroatoms. The van der Waals surface area contributed by atoms with Gasteiger partial charge in [0.15, 0.2) is 11.5 Å². The monoisotopic (exact) mass is 366 g/mol. The van der Waals surface area contributed by atoms with E-state index in [0.29, 0.717) is 16.9 Å². The van der Waals surface area contributed by atoms with Gasteiger partial charge in [-0.15, -0.1) is 0 Å². The number of nitrogens with one attached hydrogen (secondary N) is 1. The molecule has 0 bridgehead atoms. The maximum absolute atomic E-state index is 11.8. The molecule has 0 radical (unpaired) electrons. The highest BCUT2D eigenvalue weighted by Crippen LogP contribution is 2.32. The quantitative estimate of drug-likeness (QED) is 0.639. The molecule has 0 saturated heterocycles. The van der Waals surface area contributed by atoms with E-state index in [-0.39, 0.29) is 17.1 Å². The summed E-state index contributed by atoms with van der Waals surface area (Å²) in [6, 6.07) is 12.0. The van der Waals surface area contributed by atoms with Crippen LogP contribution in [0.3, 0.4) is 0 Å². The molecule has 4 N–H and O–H groups in total. The van der Waals surface area contributed by atoms with E-state index in [9.17, 15) is 9.90 Å². The third kappa shape index (κ3) is 4.31. The standard InChI is InChI=1S/C15H13BrN2O3.H2O/c1-21-13-8-12(16)7-11(14(13)19)9-17-18-15(20)10-5-3-2-4-6-10;/h2-9,19H,1H3,(H,18,20);1H2/b17-9+;. The summed E-state index contributed by atoms with van der Waals surface area (Å²) >= 11 is 3.31. The van der Waals surface area contributed by atoms with Crippen molar-refractivity contribution in [2.24, 2.45) is 5.10 Å². The van der Waals surface area contributed by atoms with Crippen molar-refractivity contribution in [3.63, 3.8) is 0 Å². The smallest absolute Gasteiger partial charge is 0.271 e. The highest BCUT2D eigenvalue weighted by Gasteiger charge is 2.08. The molecule has 2 aromatic carbocycles. The number of amides is 1. The van der Waals surface area contributed by atoms with Gasteiger partial charge in [0, 0.05) is 15.6 Å². The third-order valence-electron chi connectivity index (χ3n) is 2.69. The van der Waals surface area contributed by atoms with Crippen molar-refractivity contribution in [3.8, 4) is 11.5 Å². The molecule has 2 rings (SSSR count). The van der Waals surface area contributed by atoms with Gasteiger partial charge in [0.25, 0.3) is 5.91 Å². The molecular formula is C15H15BrN2O4. The second kappa shape index (κ2) is 8.16. The van der Waals surface area contributed by atoms with Crippen LogP contribution in [0.25, 0.3) is 0 Å². The molecule has 22 heavy (non-hydrogen) atoms. The van der Waals surface area contributed by atoms with Gasteiger partial charge in [0.05, 0.1) is 13.3 Å². The fourth-order valence-corrected chi connectivity index (χ4v) is 2.12. The zero-order valence-corrected chi connectivity index (χ0v) is 13.3. The Hall–Kier alpha value is -2.38. The summed E-state index contributed by atoms with van der Waals surface area (Å²) in [6.07, 6.45) is 1.35. The van der Waals surface area contributed by atoms with E-state index in [1.165, 1.54) is 13.3 Å². The lowest BCUT2D eigenvalue weighted by atomic mass is 10.2. The Kier molecular flexibility index (Phi) is 6.55. The number of phenolic OH excluding ortho intramolecular Hbond substituents is 1. The van der Waals surface area contributed by atoms with Gasteiger partial charge in [-0.1, -0.05) is 34.1 Å². The zero-order valence-electron chi connectivity index (χ0n) is 11.7. The number of rotatable bonds is 4. The lowest BCUT2D eigenvalue weighted by Crippen LogP contribution is -2.17. The van der Waals surface area contributed by atoms with Gasteiger partial charge in [-0.2, -0.15) is 5.10 Å². The molecule has 0 aliphatic carbocycles. The molecule has 6 nitrogen and oxygen atoms in total. The van der Waals surface area contributed by atoms with Crippen LogP contribution in [-0.2, 0) is 0 Å². The lowest BCUT2D eigenvalue weighted by Gasteiger charge is -2.06. The first-order valence-corrected chi connectivity index (χ1v) is 6.86. The van der Waals surface area contributed by atoms with E-state index in [2.05, 4.69) is 26.5 Å². The van der Waals surface area contributed by atoms with Crippen molar-refractivity contribution in [2.75, 3.05) is 7.11 Å². The van der Waals surface area contributed by atoms with Crippen molar-refractivity contribution in [2.45, 2.75) is 0 Å². The molecule has 0 atom stereocenters. The van der Waals surface area contributed by atoms with Crippen molar-refractivity contribution in [1.29, 1.82) is 0 Å². The minimum Gasteiger partial charge on any atom is -0.504 e. The topological polar surface area (TPSA) is 102 Å². The number of methoxy groups -OCH3 is 1. The molecule has 116 valence electrons. The summed E-state index contributed by atoms with van der Waals surface area (Å²) in [5, 5.41) is 13.8. The molecule has 0 heterocycles. The number of hydrazone groups is 1. The number of phenols is 1. The van der Waals surface area contributed by atoms with Crippen LogP contribution in [0.1, 0.15) is 15.9 Å². The molecule has 0 fully saturated rings. The Morgan fingerprint density at radius 3 is 2.64 bits per heavy atom. The fourth-order valence-electron chi connectivity index (χ4n) is 1.66. The Labute approximate surface area is 135 Å². The predicted octanol–water partition coefficient (Wildman–Crippen LogP) is 2.10. The van der Waals surface area contributed by atoms with Crippen LogP contribution in [0, 0.1) is 0 Å². The van der Waals surface area contributed by atoms with Gasteiger partial charge in [0.2, 0.25) is 0 Å². The number of halogens is 1. The molecular weight excluding hydrogens is 352 g/mol. The Bertz CT molecular complexity index is 675. The van der Waals surface area contributed by atoms with Crippen molar-refractivity contribution >= 4 is 28.1 Å². The maximum Gasteiger partial charge on any atom is 0.271 e. The van der Waals surface area contributed by atoms with Crippen LogP contribution >= 0.6 is 15.9 Å². The molecule has 0 aliphatic heterocycles. The zero-order chi connectivity index (χ0) is 15.2. The normalized spacial score (nSPS) is 10.1. The number of carbonyl (C=O) groups excluding carboxylic acids is 1. The van der Waals surface area contributed by atoms with Gasteiger partial charge in [-0.25, -0.2) is 5.43 Å². The van der Waals surface area contributed by atoms with Crippen LogP contribution in [-0.4, -0.2) is 29.8 Å². The van der Waals surface area contributed by atoms with Gasteiger partial charge in [-0.05, 0) is 24.3 Å². The van der Waals surface area contributed by atoms with E-state index < -0.39 is 0 Å². The number of nitrogens with zero attached hydrogens (tertiary/aromatic N) is 1. The van der Waals surface area contributed by atoms with E-state index in [0.717, 1.165) is 4.47 Å². The number of carbonyl (C=O) groups is 1. The van der Waals surface area contributed by atoms with Crippen molar-refractivity contribution in [1.82, 2.24) is 5.43 Å². The van der Waals surface area contributed by atoms with Crippen molar-refractivity contribution in [3.05, 3.63) is 58.1 Å². The van der Waals surface area contributed by atoms with Crippen LogP contribution in [0.5, 0.6) is 11.5 Å². The molecule has 0 saturated carbocycles. The van der Waals surface area contributed by atoms with E-state index in [1.807, 2.05) is 6.07 Å². The first kappa shape index (κ1) is 17.7. The minimum atomic E-state index is -0.326. The SMILES string of the molecule is COc1cc(Br)cc(/C=N/NC(=O)c2ccccc2)c1O.O. The van der Waals surface area contributed by atoms with Crippen LogP contribution < -0.4 is 10.2 Å². The number of aromatic hydroxyl groups is 1. The number of hydrogen-bond donors (Lipinski definition) is 2. The molecule has 2 aromatic rings. The number of ether oxygens (including phenoxy) is 1. The molecule has 0 aromatic heterocycles. The van der Waals surface area contributed by atoms with Gasteiger partial charge >= 0.3 is 0 Å².